The Morgan fingerprint density at radius 3 is 2.60 bits per heavy atom. The summed E-state index contributed by atoms with van der Waals surface area (Å²) in [6, 6.07) is 0. The molecule has 3 heteroatoms. The van der Waals surface area contributed by atoms with Crippen molar-refractivity contribution < 1.29 is 14.6 Å². The van der Waals surface area contributed by atoms with E-state index in [1.54, 1.807) is 0 Å². The molecule has 56 valence electrons. The molecule has 0 rings (SSSR count). The molecule has 0 N–H and O–H groups in total. The highest BCUT2D eigenvalue weighted by atomic mass is 17.2. The molecule has 0 bridgehead atoms. The number of carbonyl (C=O) groups excluding carboxylic acids is 1. The van der Waals surface area contributed by atoms with E-state index < -0.39 is 0 Å². The lowest BCUT2D eigenvalue weighted by Gasteiger charge is -1.96. The van der Waals surface area contributed by atoms with Gasteiger partial charge >= 0.3 is 0 Å². The van der Waals surface area contributed by atoms with Gasteiger partial charge in [-0.05, 0) is 6.08 Å². The maximum absolute atomic E-state index is 10.4. The van der Waals surface area contributed by atoms with Gasteiger partial charge in [-0.2, -0.15) is 0 Å². The minimum Gasteiger partial charge on any atom is -0.292 e. The van der Waals surface area contributed by atoms with Gasteiger partial charge in [-0.1, -0.05) is 12.7 Å². The predicted molar refractivity (Wildman–Crippen MR) is 37.3 cm³/mol. The highest BCUT2D eigenvalue weighted by Gasteiger charge is 1.93. The van der Waals surface area contributed by atoms with Crippen molar-refractivity contribution in [2.24, 2.45) is 0 Å². The van der Waals surface area contributed by atoms with Crippen molar-refractivity contribution in [3.05, 3.63) is 25.3 Å². The summed E-state index contributed by atoms with van der Waals surface area (Å²) in [6.45, 7) is 6.84. The third kappa shape index (κ3) is 5.21. The second-order valence-corrected chi connectivity index (χ2v) is 1.51. The normalized spacial score (nSPS) is 8.80. The monoisotopic (exact) mass is 142 g/mol. The second kappa shape index (κ2) is 6.19. The van der Waals surface area contributed by atoms with E-state index in [0.717, 1.165) is 0 Å². The molecule has 0 heterocycles. The highest BCUT2D eigenvalue weighted by Crippen LogP contribution is 1.80. The summed E-state index contributed by atoms with van der Waals surface area (Å²) >= 11 is 0. The summed E-state index contributed by atoms with van der Waals surface area (Å²) < 4.78 is 0. The van der Waals surface area contributed by atoms with Crippen LogP contribution in [0.5, 0.6) is 0 Å². The van der Waals surface area contributed by atoms with Crippen LogP contribution in [0.3, 0.4) is 0 Å². The average molecular weight is 142 g/mol. The van der Waals surface area contributed by atoms with E-state index >= 15 is 0 Å². The Hall–Kier alpha value is -0.930. The highest BCUT2D eigenvalue weighted by molar-refractivity contribution is 5.90. The molecule has 3 nitrogen and oxygen atoms in total. The van der Waals surface area contributed by atoms with Gasteiger partial charge in [0.15, 0.2) is 5.78 Å². The first-order valence-corrected chi connectivity index (χ1v) is 2.82. The summed E-state index contributed by atoms with van der Waals surface area (Å²) in [5.41, 5.74) is 0. The van der Waals surface area contributed by atoms with Gasteiger partial charge in [-0.25, -0.2) is 9.78 Å². The van der Waals surface area contributed by atoms with Gasteiger partial charge in [-0.3, -0.25) is 4.79 Å². The SMILES string of the molecule is C=CCOOCC(=O)C=C. The van der Waals surface area contributed by atoms with Crippen molar-refractivity contribution in [2.45, 2.75) is 0 Å². The summed E-state index contributed by atoms with van der Waals surface area (Å²) in [6.07, 6.45) is 2.70. The van der Waals surface area contributed by atoms with Crippen LogP contribution in [0.25, 0.3) is 0 Å². The Morgan fingerprint density at radius 1 is 1.40 bits per heavy atom. The Balaban J connectivity index is 3.11. The van der Waals surface area contributed by atoms with Gasteiger partial charge in [0, 0.05) is 0 Å². The Morgan fingerprint density at radius 2 is 2.10 bits per heavy atom. The van der Waals surface area contributed by atoms with Crippen LogP contribution in [-0.4, -0.2) is 19.0 Å². The van der Waals surface area contributed by atoms with Gasteiger partial charge in [0.25, 0.3) is 0 Å². The van der Waals surface area contributed by atoms with Gasteiger partial charge in [0.1, 0.15) is 13.2 Å². The van der Waals surface area contributed by atoms with Gasteiger partial charge in [0.2, 0.25) is 0 Å². The van der Waals surface area contributed by atoms with E-state index in [-0.39, 0.29) is 19.0 Å². The molecule has 0 saturated heterocycles. The van der Waals surface area contributed by atoms with Crippen LogP contribution in [0.2, 0.25) is 0 Å². The van der Waals surface area contributed by atoms with Crippen LogP contribution in [0.4, 0.5) is 0 Å². The van der Waals surface area contributed by atoms with Crippen LogP contribution in [0.1, 0.15) is 0 Å². The molecule has 10 heavy (non-hydrogen) atoms. The summed E-state index contributed by atoms with van der Waals surface area (Å²) in [5, 5.41) is 0. The quantitative estimate of drug-likeness (QED) is 0.181. The lowest BCUT2D eigenvalue weighted by atomic mass is 10.4. The van der Waals surface area contributed by atoms with Crippen molar-refractivity contribution >= 4 is 5.78 Å². The molecule has 0 amide bonds. The molecule has 0 spiro atoms. The van der Waals surface area contributed by atoms with E-state index in [1.807, 2.05) is 0 Å². The summed E-state index contributed by atoms with van der Waals surface area (Å²) in [7, 11) is 0. The summed E-state index contributed by atoms with van der Waals surface area (Å²) in [5.74, 6) is -0.205. The number of hydrogen-bond acceptors (Lipinski definition) is 3. The fourth-order valence-electron chi connectivity index (χ4n) is 0.255. The van der Waals surface area contributed by atoms with Crippen LogP contribution in [0, 0.1) is 0 Å². The molecular formula is C7H10O3. The smallest absolute Gasteiger partial charge is 0.184 e. The molecule has 0 aromatic rings. The number of rotatable bonds is 6. The Labute approximate surface area is 59.9 Å². The molecule has 0 fully saturated rings. The zero-order valence-electron chi connectivity index (χ0n) is 5.71. The molecule has 0 aromatic heterocycles. The largest absolute Gasteiger partial charge is 0.292 e. The van der Waals surface area contributed by atoms with E-state index in [9.17, 15) is 4.79 Å². The summed E-state index contributed by atoms with van der Waals surface area (Å²) in [4.78, 5) is 19.3. The lowest BCUT2D eigenvalue weighted by molar-refractivity contribution is -0.279. The van der Waals surface area contributed by atoms with E-state index in [1.165, 1.54) is 12.2 Å². The standard InChI is InChI=1S/C7H10O3/c1-3-5-9-10-6-7(8)4-2/h3-4H,1-2,5-6H2. The van der Waals surface area contributed by atoms with Crippen LogP contribution in [-0.2, 0) is 14.6 Å². The molecule has 0 aliphatic rings. The van der Waals surface area contributed by atoms with Gasteiger partial charge in [-0.15, -0.1) is 6.58 Å². The number of hydrogen-bond donors (Lipinski definition) is 0. The lowest BCUT2D eigenvalue weighted by Crippen LogP contribution is -2.05. The van der Waals surface area contributed by atoms with E-state index in [4.69, 9.17) is 0 Å². The zero-order chi connectivity index (χ0) is 7.82. The van der Waals surface area contributed by atoms with Crippen molar-refractivity contribution in [3.8, 4) is 0 Å². The Bertz CT molecular complexity index is 129. The first-order valence-electron chi connectivity index (χ1n) is 2.82. The van der Waals surface area contributed by atoms with Crippen molar-refractivity contribution in [1.82, 2.24) is 0 Å². The molecule has 0 unspecified atom stereocenters. The van der Waals surface area contributed by atoms with Gasteiger partial charge < -0.3 is 0 Å². The minimum absolute atomic E-state index is 0.0860. The molecule has 0 aliphatic heterocycles. The second-order valence-electron chi connectivity index (χ2n) is 1.51. The molecule has 0 radical (unpaired) electrons. The molecule has 0 saturated carbocycles. The van der Waals surface area contributed by atoms with Crippen LogP contribution < -0.4 is 0 Å². The maximum Gasteiger partial charge on any atom is 0.184 e. The van der Waals surface area contributed by atoms with Crippen molar-refractivity contribution in [2.75, 3.05) is 13.2 Å². The first-order chi connectivity index (χ1) is 4.81. The molecule has 0 atom stereocenters. The fourth-order valence-corrected chi connectivity index (χ4v) is 0.255. The van der Waals surface area contributed by atoms with Crippen molar-refractivity contribution in [3.63, 3.8) is 0 Å². The topological polar surface area (TPSA) is 35.5 Å². The van der Waals surface area contributed by atoms with Crippen LogP contribution in [0.15, 0.2) is 25.3 Å². The fraction of sp³-hybridized carbons (Fsp3) is 0.286. The first kappa shape index (κ1) is 9.07. The van der Waals surface area contributed by atoms with E-state index in [0.29, 0.717) is 0 Å². The predicted octanol–water partition coefficient (Wildman–Crippen LogP) is 0.876. The zero-order valence-corrected chi connectivity index (χ0v) is 5.71. The van der Waals surface area contributed by atoms with E-state index in [2.05, 4.69) is 22.9 Å². The van der Waals surface area contributed by atoms with Gasteiger partial charge in [0.05, 0.1) is 0 Å². The molecule has 0 aliphatic carbocycles. The van der Waals surface area contributed by atoms with Crippen molar-refractivity contribution in [1.29, 1.82) is 0 Å². The Kier molecular flexibility index (Phi) is 5.62. The average Bonchev–Trinajstić information content (AvgIpc) is 1.98. The third-order valence-corrected chi connectivity index (χ3v) is 0.698. The third-order valence-electron chi connectivity index (χ3n) is 0.698. The minimum atomic E-state index is -0.205. The van der Waals surface area contributed by atoms with Crippen LogP contribution >= 0.6 is 0 Å². The molecular weight excluding hydrogens is 132 g/mol. The maximum atomic E-state index is 10.4. The molecule has 0 aromatic carbocycles. The number of ketones is 1. The number of carbonyl (C=O) groups is 1.